The predicted molar refractivity (Wildman–Crippen MR) is 90.5 cm³/mol. The lowest BCUT2D eigenvalue weighted by molar-refractivity contribution is -0.139. The van der Waals surface area contributed by atoms with Crippen LogP contribution in [0.3, 0.4) is 0 Å². The number of benzene rings is 1. The molecule has 2 aliphatic rings. The highest BCUT2D eigenvalue weighted by atomic mass is 16.4. The normalized spacial score (nSPS) is 25.5. The first-order valence-electron chi connectivity index (χ1n) is 8.67. The molecule has 0 unspecified atom stereocenters. The fourth-order valence-corrected chi connectivity index (χ4v) is 3.52. The molecular weight excluding hydrogens is 306 g/mol. The maximum atomic E-state index is 12.3. The van der Waals surface area contributed by atoms with Crippen molar-refractivity contribution in [2.75, 3.05) is 13.1 Å². The molecule has 1 aromatic rings. The van der Waals surface area contributed by atoms with E-state index < -0.39 is 12.0 Å². The minimum absolute atomic E-state index is 0.0553. The van der Waals surface area contributed by atoms with Crippen LogP contribution in [0.4, 0.5) is 0 Å². The molecule has 0 bridgehead atoms. The summed E-state index contributed by atoms with van der Waals surface area (Å²) < 4.78 is 0. The summed E-state index contributed by atoms with van der Waals surface area (Å²) in [5, 5.41) is 15.0. The number of nitrogens with one attached hydrogen (secondary N) is 2. The Morgan fingerprint density at radius 1 is 1.08 bits per heavy atom. The van der Waals surface area contributed by atoms with Crippen LogP contribution in [0.15, 0.2) is 30.3 Å². The van der Waals surface area contributed by atoms with Gasteiger partial charge in [-0.1, -0.05) is 30.3 Å². The second-order valence-electron chi connectivity index (χ2n) is 6.73. The minimum atomic E-state index is -0.875. The number of carbonyl (C=O) groups is 2. The minimum Gasteiger partial charge on any atom is -0.480 e. The first-order valence-corrected chi connectivity index (χ1v) is 8.67. The van der Waals surface area contributed by atoms with Crippen LogP contribution < -0.4 is 10.6 Å². The van der Waals surface area contributed by atoms with Gasteiger partial charge in [-0.15, -0.1) is 0 Å². The highest BCUT2D eigenvalue weighted by molar-refractivity contribution is 5.84. The molecule has 0 spiro atoms. The van der Waals surface area contributed by atoms with Gasteiger partial charge in [-0.2, -0.15) is 0 Å². The van der Waals surface area contributed by atoms with Gasteiger partial charge in [0.05, 0.1) is 6.04 Å². The monoisotopic (exact) mass is 331 g/mol. The van der Waals surface area contributed by atoms with Gasteiger partial charge in [-0.05, 0) is 31.2 Å². The lowest BCUT2D eigenvalue weighted by atomic mass is 10.0. The number of amides is 1. The second-order valence-corrected chi connectivity index (χ2v) is 6.73. The summed E-state index contributed by atoms with van der Waals surface area (Å²) in [7, 11) is 0. The van der Waals surface area contributed by atoms with E-state index in [1.807, 2.05) is 6.07 Å². The zero-order valence-electron chi connectivity index (χ0n) is 13.8. The molecule has 6 heteroatoms. The number of carbonyl (C=O) groups excluding carboxylic acids is 1. The van der Waals surface area contributed by atoms with E-state index in [4.69, 9.17) is 5.11 Å². The zero-order valence-corrected chi connectivity index (χ0v) is 13.8. The summed E-state index contributed by atoms with van der Waals surface area (Å²) in [6.45, 7) is 2.89. The van der Waals surface area contributed by atoms with Gasteiger partial charge in [0.1, 0.15) is 6.04 Å². The Morgan fingerprint density at radius 2 is 1.75 bits per heavy atom. The Morgan fingerprint density at radius 3 is 2.38 bits per heavy atom. The molecular formula is C18H25N3O3. The number of aliphatic carboxylic acids is 1. The van der Waals surface area contributed by atoms with Crippen LogP contribution in [-0.4, -0.2) is 53.1 Å². The number of rotatable bonds is 5. The van der Waals surface area contributed by atoms with Gasteiger partial charge in [-0.3, -0.25) is 19.8 Å². The van der Waals surface area contributed by atoms with Crippen molar-refractivity contribution in [3.05, 3.63) is 35.9 Å². The molecule has 6 nitrogen and oxygen atoms in total. The lowest BCUT2D eigenvalue weighted by Crippen LogP contribution is -2.50. The van der Waals surface area contributed by atoms with Crippen LogP contribution >= 0.6 is 0 Å². The predicted octanol–water partition coefficient (Wildman–Crippen LogP) is 0.972. The third kappa shape index (κ3) is 4.33. The number of hydrogen-bond donors (Lipinski definition) is 3. The molecule has 2 fully saturated rings. The molecule has 2 heterocycles. The van der Waals surface area contributed by atoms with Crippen LogP contribution in [0.5, 0.6) is 0 Å². The van der Waals surface area contributed by atoms with Gasteiger partial charge in [0.15, 0.2) is 0 Å². The van der Waals surface area contributed by atoms with E-state index in [2.05, 4.69) is 39.8 Å². The number of hydrogen-bond acceptors (Lipinski definition) is 4. The molecule has 3 N–H and O–H groups in total. The van der Waals surface area contributed by atoms with Crippen molar-refractivity contribution in [3.8, 4) is 0 Å². The van der Waals surface area contributed by atoms with Gasteiger partial charge in [0, 0.05) is 25.7 Å². The summed E-state index contributed by atoms with van der Waals surface area (Å²) >= 11 is 0. The average molecular weight is 331 g/mol. The maximum Gasteiger partial charge on any atom is 0.320 e. The number of piperidine rings is 1. The van der Waals surface area contributed by atoms with E-state index in [1.165, 1.54) is 5.56 Å². The van der Waals surface area contributed by atoms with Crippen molar-refractivity contribution in [2.24, 2.45) is 0 Å². The van der Waals surface area contributed by atoms with Gasteiger partial charge in [-0.25, -0.2) is 0 Å². The highest BCUT2D eigenvalue weighted by Gasteiger charge is 2.34. The molecule has 0 aliphatic carbocycles. The highest BCUT2D eigenvalue weighted by Crippen LogP contribution is 2.16. The Bertz CT molecular complexity index is 570. The zero-order chi connectivity index (χ0) is 16.9. The summed E-state index contributed by atoms with van der Waals surface area (Å²) in [6, 6.07) is 9.65. The van der Waals surface area contributed by atoms with Crippen LogP contribution in [-0.2, 0) is 16.1 Å². The third-order valence-corrected chi connectivity index (χ3v) is 4.94. The number of carboxylic acids is 1. The maximum absolute atomic E-state index is 12.3. The average Bonchev–Trinajstić information content (AvgIpc) is 3.08. The topological polar surface area (TPSA) is 81.7 Å². The van der Waals surface area contributed by atoms with E-state index in [1.54, 1.807) is 0 Å². The molecule has 0 aromatic heterocycles. The van der Waals surface area contributed by atoms with Crippen molar-refractivity contribution in [1.82, 2.24) is 15.5 Å². The van der Waals surface area contributed by atoms with Crippen LogP contribution in [0, 0.1) is 0 Å². The first-order chi connectivity index (χ1) is 11.6. The Hall–Kier alpha value is -1.92. The summed E-state index contributed by atoms with van der Waals surface area (Å²) in [5.74, 6) is -0.931. The standard InChI is InChI=1S/C18H25N3O3/c22-17(15-6-7-16(20-15)18(23)24)19-14-8-10-21(11-9-14)12-13-4-2-1-3-5-13/h1-5,14-16,20H,6-12H2,(H,19,22)(H,23,24)/t15-,16+/m1/s1. The van der Waals surface area contributed by atoms with Crippen molar-refractivity contribution in [2.45, 2.75) is 50.4 Å². The van der Waals surface area contributed by atoms with Crippen LogP contribution in [0.25, 0.3) is 0 Å². The van der Waals surface area contributed by atoms with E-state index >= 15 is 0 Å². The van der Waals surface area contributed by atoms with Gasteiger partial charge in [0.25, 0.3) is 0 Å². The fraction of sp³-hybridized carbons (Fsp3) is 0.556. The third-order valence-electron chi connectivity index (χ3n) is 4.94. The van der Waals surface area contributed by atoms with E-state index in [-0.39, 0.29) is 18.0 Å². The SMILES string of the molecule is O=C(O)[C@@H]1CC[C@H](C(=O)NC2CCN(Cc3ccccc3)CC2)N1. The summed E-state index contributed by atoms with van der Waals surface area (Å²) in [5.41, 5.74) is 1.31. The van der Waals surface area contributed by atoms with Crippen LogP contribution in [0.2, 0.25) is 0 Å². The fourth-order valence-electron chi connectivity index (χ4n) is 3.52. The molecule has 24 heavy (non-hydrogen) atoms. The lowest BCUT2D eigenvalue weighted by Gasteiger charge is -2.32. The van der Waals surface area contributed by atoms with Gasteiger partial charge in [0.2, 0.25) is 5.91 Å². The molecule has 1 aromatic carbocycles. The molecule has 2 saturated heterocycles. The molecule has 3 rings (SSSR count). The molecule has 130 valence electrons. The van der Waals surface area contributed by atoms with Crippen molar-refractivity contribution in [1.29, 1.82) is 0 Å². The van der Waals surface area contributed by atoms with E-state index in [0.717, 1.165) is 32.5 Å². The van der Waals surface area contributed by atoms with Crippen LogP contribution in [0.1, 0.15) is 31.2 Å². The number of likely N-dealkylation sites (tertiary alicyclic amines) is 1. The first kappa shape index (κ1) is 16.9. The number of carboxylic acid groups (broad SMARTS) is 1. The molecule has 0 saturated carbocycles. The molecule has 1 amide bonds. The van der Waals surface area contributed by atoms with Crippen molar-refractivity contribution >= 4 is 11.9 Å². The number of nitrogens with zero attached hydrogens (tertiary/aromatic N) is 1. The van der Waals surface area contributed by atoms with E-state index in [9.17, 15) is 9.59 Å². The molecule has 2 atom stereocenters. The van der Waals surface area contributed by atoms with Gasteiger partial charge >= 0.3 is 5.97 Å². The Kier molecular flexibility index (Phi) is 5.48. The largest absolute Gasteiger partial charge is 0.480 e. The molecule has 2 aliphatic heterocycles. The Balaban J connectivity index is 1.41. The van der Waals surface area contributed by atoms with Gasteiger partial charge < -0.3 is 10.4 Å². The Labute approximate surface area is 142 Å². The summed E-state index contributed by atoms with van der Waals surface area (Å²) in [4.78, 5) is 25.6. The molecule has 0 radical (unpaired) electrons. The van der Waals surface area contributed by atoms with Crippen molar-refractivity contribution < 1.29 is 14.7 Å². The van der Waals surface area contributed by atoms with E-state index in [0.29, 0.717) is 12.8 Å². The quantitative estimate of drug-likeness (QED) is 0.749. The smallest absolute Gasteiger partial charge is 0.320 e. The second kappa shape index (κ2) is 7.77. The van der Waals surface area contributed by atoms with Crippen molar-refractivity contribution in [3.63, 3.8) is 0 Å². The summed E-state index contributed by atoms with van der Waals surface area (Å²) in [6.07, 6.45) is 2.99.